The Balaban J connectivity index is 1.75. The van der Waals surface area contributed by atoms with Gasteiger partial charge >= 0.3 is 0 Å². The van der Waals surface area contributed by atoms with Gasteiger partial charge in [0.2, 0.25) is 5.91 Å². The number of carbonyl (C=O) groups excluding carboxylic acids is 1. The average molecular weight is 394 g/mol. The number of amides is 1. The molecule has 0 bridgehead atoms. The zero-order valence-corrected chi connectivity index (χ0v) is 16.6. The van der Waals surface area contributed by atoms with E-state index in [0.29, 0.717) is 6.42 Å². The van der Waals surface area contributed by atoms with Crippen molar-refractivity contribution < 1.29 is 13.2 Å². The maximum absolute atomic E-state index is 12.9. The van der Waals surface area contributed by atoms with Crippen LogP contribution in [-0.4, -0.2) is 58.5 Å². The second-order valence-corrected chi connectivity index (χ2v) is 9.79. The van der Waals surface area contributed by atoms with E-state index in [4.69, 9.17) is 0 Å². The van der Waals surface area contributed by atoms with Crippen LogP contribution in [-0.2, 0) is 14.6 Å². The number of nitrogens with zero attached hydrogens (tertiary/aromatic N) is 3. The van der Waals surface area contributed by atoms with E-state index in [9.17, 15) is 13.2 Å². The lowest BCUT2D eigenvalue weighted by molar-refractivity contribution is -0.132. The Kier molecular flexibility index (Phi) is 5.82. The molecule has 1 saturated heterocycles. The highest BCUT2D eigenvalue weighted by atomic mass is 32.2. The van der Waals surface area contributed by atoms with Gasteiger partial charge in [-0.3, -0.25) is 4.79 Å². The van der Waals surface area contributed by atoms with E-state index in [-0.39, 0.29) is 35.2 Å². The molecule has 2 heterocycles. The molecule has 6 nitrogen and oxygen atoms in total. The highest BCUT2D eigenvalue weighted by Crippen LogP contribution is 2.27. The molecule has 140 valence electrons. The van der Waals surface area contributed by atoms with Crippen molar-refractivity contribution in [2.45, 2.75) is 43.8 Å². The number of thioether (sulfide) groups is 1. The lowest BCUT2D eigenvalue weighted by atomic mass is 10.1. The minimum absolute atomic E-state index is 0.0172. The molecule has 1 fully saturated rings. The predicted molar refractivity (Wildman–Crippen MR) is 104 cm³/mol. The van der Waals surface area contributed by atoms with Crippen LogP contribution in [0.2, 0.25) is 0 Å². The maximum Gasteiger partial charge on any atom is 0.233 e. The van der Waals surface area contributed by atoms with E-state index in [1.54, 1.807) is 4.90 Å². The molecule has 1 aromatic carbocycles. The summed E-state index contributed by atoms with van der Waals surface area (Å²) >= 11 is 1.38. The fourth-order valence-corrected chi connectivity index (χ4v) is 5.87. The second kappa shape index (κ2) is 7.92. The number of rotatable bonds is 6. The molecular formula is C18H23N3O3S2. The fraction of sp³-hybridized carbons (Fsp3) is 0.500. The standard InChI is InChI=1S/C18H23N3O3S2/c1-3-13(2)21(14-8-9-26(23,24)11-14)17(22)10-25-18-15-6-4-5-7-16(15)19-12-20-18/h4-7,12-14H,3,8-11H2,1-2H3/t13-,14-/m0/s1. The summed E-state index contributed by atoms with van der Waals surface area (Å²) in [6, 6.07) is 7.50. The van der Waals surface area contributed by atoms with Gasteiger partial charge < -0.3 is 4.90 Å². The molecule has 26 heavy (non-hydrogen) atoms. The van der Waals surface area contributed by atoms with Gasteiger partial charge in [-0.15, -0.1) is 0 Å². The van der Waals surface area contributed by atoms with E-state index >= 15 is 0 Å². The van der Waals surface area contributed by atoms with Gasteiger partial charge in [0.15, 0.2) is 9.84 Å². The predicted octanol–water partition coefficient (Wildman–Crippen LogP) is 2.54. The molecule has 2 aromatic rings. The molecule has 3 rings (SSSR count). The molecule has 1 amide bonds. The molecule has 1 aliphatic rings. The second-order valence-electron chi connectivity index (χ2n) is 6.60. The lowest BCUT2D eigenvalue weighted by Gasteiger charge is -2.33. The third-order valence-electron chi connectivity index (χ3n) is 4.79. The number of hydrogen-bond acceptors (Lipinski definition) is 6. The summed E-state index contributed by atoms with van der Waals surface area (Å²) in [5, 5.41) is 1.69. The Morgan fingerprint density at radius 3 is 2.81 bits per heavy atom. The van der Waals surface area contributed by atoms with Crippen LogP contribution in [0.1, 0.15) is 26.7 Å². The van der Waals surface area contributed by atoms with Gasteiger partial charge in [-0.2, -0.15) is 0 Å². The Labute approximate surface area is 158 Å². The first-order chi connectivity index (χ1) is 12.4. The normalized spacial score (nSPS) is 20.2. The molecule has 0 aliphatic carbocycles. The summed E-state index contributed by atoms with van der Waals surface area (Å²) in [5.41, 5.74) is 0.845. The van der Waals surface area contributed by atoms with Gasteiger partial charge in [-0.05, 0) is 25.8 Å². The Bertz CT molecular complexity index is 896. The van der Waals surface area contributed by atoms with E-state index in [2.05, 4.69) is 9.97 Å². The first-order valence-electron chi connectivity index (χ1n) is 8.75. The van der Waals surface area contributed by atoms with Crippen LogP contribution in [0.25, 0.3) is 10.9 Å². The third-order valence-corrected chi connectivity index (χ3v) is 7.53. The average Bonchev–Trinajstić information content (AvgIpc) is 2.99. The largest absolute Gasteiger partial charge is 0.335 e. The van der Waals surface area contributed by atoms with E-state index in [1.807, 2.05) is 38.1 Å². The molecule has 1 aromatic heterocycles. The SMILES string of the molecule is CC[C@H](C)N(C(=O)CSc1ncnc2ccccc12)[C@H]1CCS(=O)(=O)C1. The van der Waals surface area contributed by atoms with E-state index < -0.39 is 9.84 Å². The van der Waals surface area contributed by atoms with Crippen LogP contribution < -0.4 is 0 Å². The van der Waals surface area contributed by atoms with Crippen LogP contribution in [0.15, 0.2) is 35.6 Å². The number of fused-ring (bicyclic) bond motifs is 1. The van der Waals surface area contributed by atoms with Crippen LogP contribution in [0.3, 0.4) is 0 Å². The first-order valence-corrected chi connectivity index (χ1v) is 11.6. The van der Waals surface area contributed by atoms with Crippen molar-refractivity contribution in [3.8, 4) is 0 Å². The summed E-state index contributed by atoms with van der Waals surface area (Å²) in [6.45, 7) is 3.99. The van der Waals surface area contributed by atoms with Crippen molar-refractivity contribution in [1.82, 2.24) is 14.9 Å². The van der Waals surface area contributed by atoms with Gasteiger partial charge in [-0.25, -0.2) is 18.4 Å². The number of hydrogen-bond donors (Lipinski definition) is 0. The van der Waals surface area contributed by atoms with Crippen molar-refractivity contribution in [1.29, 1.82) is 0 Å². The molecule has 1 aliphatic heterocycles. The van der Waals surface area contributed by atoms with Gasteiger partial charge in [-0.1, -0.05) is 36.9 Å². The molecule has 2 atom stereocenters. The quantitative estimate of drug-likeness (QED) is 0.554. The van der Waals surface area contributed by atoms with Gasteiger partial charge in [0.25, 0.3) is 0 Å². The van der Waals surface area contributed by atoms with Crippen molar-refractivity contribution in [2.24, 2.45) is 0 Å². The van der Waals surface area contributed by atoms with Crippen molar-refractivity contribution in [3.63, 3.8) is 0 Å². The maximum atomic E-state index is 12.9. The van der Waals surface area contributed by atoms with Gasteiger partial charge in [0.1, 0.15) is 11.4 Å². The molecule has 0 spiro atoms. The highest BCUT2D eigenvalue weighted by molar-refractivity contribution is 8.00. The first kappa shape index (κ1) is 19.1. The molecular weight excluding hydrogens is 370 g/mol. The van der Waals surface area contributed by atoms with Gasteiger partial charge in [0, 0.05) is 17.5 Å². The summed E-state index contributed by atoms with van der Waals surface area (Å²) in [5.74, 6) is 0.447. The van der Waals surface area contributed by atoms with Crippen LogP contribution in [0, 0.1) is 0 Å². The lowest BCUT2D eigenvalue weighted by Crippen LogP contribution is -2.47. The molecule has 8 heteroatoms. The third kappa shape index (κ3) is 4.17. The summed E-state index contributed by atoms with van der Waals surface area (Å²) in [7, 11) is -3.03. The van der Waals surface area contributed by atoms with E-state index in [1.165, 1.54) is 18.1 Å². The summed E-state index contributed by atoms with van der Waals surface area (Å²) < 4.78 is 23.7. The van der Waals surface area contributed by atoms with Crippen molar-refractivity contribution in [2.75, 3.05) is 17.3 Å². The zero-order valence-electron chi connectivity index (χ0n) is 15.0. The molecule has 0 radical (unpaired) electrons. The van der Waals surface area contributed by atoms with Gasteiger partial charge in [0.05, 0.1) is 22.8 Å². The molecule has 0 unspecified atom stereocenters. The number of sulfone groups is 1. The number of para-hydroxylation sites is 1. The highest BCUT2D eigenvalue weighted by Gasteiger charge is 2.36. The van der Waals surface area contributed by atoms with Crippen LogP contribution in [0.4, 0.5) is 0 Å². The minimum Gasteiger partial charge on any atom is -0.335 e. The molecule has 0 N–H and O–H groups in total. The van der Waals surface area contributed by atoms with Crippen molar-refractivity contribution in [3.05, 3.63) is 30.6 Å². The molecule has 0 saturated carbocycles. The monoisotopic (exact) mass is 393 g/mol. The fourth-order valence-electron chi connectivity index (χ4n) is 3.30. The van der Waals surface area contributed by atoms with E-state index in [0.717, 1.165) is 22.3 Å². The smallest absolute Gasteiger partial charge is 0.233 e. The minimum atomic E-state index is -3.03. The summed E-state index contributed by atoms with van der Waals surface area (Å²) in [4.78, 5) is 23.2. The van der Waals surface area contributed by atoms with Crippen LogP contribution in [0.5, 0.6) is 0 Å². The summed E-state index contributed by atoms with van der Waals surface area (Å²) in [6.07, 6.45) is 2.83. The number of carbonyl (C=O) groups is 1. The Hall–Kier alpha value is -1.67. The Morgan fingerprint density at radius 2 is 2.12 bits per heavy atom. The number of benzene rings is 1. The Morgan fingerprint density at radius 1 is 1.35 bits per heavy atom. The topological polar surface area (TPSA) is 80.2 Å². The zero-order chi connectivity index (χ0) is 18.7. The van der Waals surface area contributed by atoms with Crippen LogP contribution >= 0.6 is 11.8 Å². The van der Waals surface area contributed by atoms with Crippen molar-refractivity contribution >= 4 is 38.4 Å². The number of aromatic nitrogens is 2.